The minimum absolute atomic E-state index is 0.00756. The standard InChI is InChI=1S/C25H33NO3/c1-24-11-9-23(27)29-15-17(24)4-5-19-21-7-6-20(25(21,2)10-8-22(19)24)16-12-18(28-3)14-26-13-16/h6,12-14,17,19,21-22H,4-5,7-11,15H2,1-3H3/t17?,19-,21?,22?,24-,25+/m0/s1. The van der Waals surface area contributed by atoms with Gasteiger partial charge in [-0.3, -0.25) is 9.78 Å². The molecule has 29 heavy (non-hydrogen) atoms. The highest BCUT2D eigenvalue weighted by Gasteiger charge is 2.58. The van der Waals surface area contributed by atoms with E-state index in [1.807, 2.05) is 6.20 Å². The van der Waals surface area contributed by atoms with Crippen LogP contribution in [0.4, 0.5) is 0 Å². The number of ether oxygens (including phenoxy) is 2. The highest BCUT2D eigenvalue weighted by Crippen LogP contribution is 2.66. The lowest BCUT2D eigenvalue weighted by Gasteiger charge is -2.58. The lowest BCUT2D eigenvalue weighted by atomic mass is 9.46. The minimum atomic E-state index is 0.00756. The lowest BCUT2D eigenvalue weighted by Crippen LogP contribution is -2.51. The van der Waals surface area contributed by atoms with Gasteiger partial charge in [0.25, 0.3) is 0 Å². The first-order valence-corrected chi connectivity index (χ1v) is 11.3. The Labute approximate surface area is 174 Å². The van der Waals surface area contributed by atoms with Gasteiger partial charge in [0.1, 0.15) is 5.75 Å². The molecule has 0 radical (unpaired) electrons. The molecule has 3 unspecified atom stereocenters. The van der Waals surface area contributed by atoms with Crippen molar-refractivity contribution >= 4 is 11.5 Å². The van der Waals surface area contributed by atoms with Crippen LogP contribution in [0.2, 0.25) is 0 Å². The molecular formula is C25H33NO3. The average Bonchev–Trinajstić information content (AvgIpc) is 3.01. The molecule has 3 fully saturated rings. The number of fused-ring (bicyclic) bond motifs is 5. The molecule has 2 saturated carbocycles. The normalized spacial score (nSPS) is 41.3. The summed E-state index contributed by atoms with van der Waals surface area (Å²) in [6.07, 6.45) is 14.0. The van der Waals surface area contributed by atoms with Gasteiger partial charge in [-0.25, -0.2) is 0 Å². The fourth-order valence-corrected chi connectivity index (χ4v) is 7.53. The molecule has 4 nitrogen and oxygen atoms in total. The van der Waals surface area contributed by atoms with Crippen LogP contribution in [0.5, 0.6) is 5.75 Å². The Morgan fingerprint density at radius 3 is 2.83 bits per heavy atom. The number of methoxy groups -OCH3 is 1. The average molecular weight is 396 g/mol. The molecule has 0 spiro atoms. The summed E-state index contributed by atoms with van der Waals surface area (Å²) in [4.78, 5) is 16.4. The van der Waals surface area contributed by atoms with Crippen molar-refractivity contribution < 1.29 is 14.3 Å². The van der Waals surface area contributed by atoms with Crippen LogP contribution >= 0.6 is 0 Å². The van der Waals surface area contributed by atoms with Crippen LogP contribution < -0.4 is 4.74 Å². The number of carbonyl (C=O) groups is 1. The number of rotatable bonds is 2. The van der Waals surface area contributed by atoms with Crippen LogP contribution in [-0.2, 0) is 9.53 Å². The molecule has 5 rings (SSSR count). The number of cyclic esters (lactones) is 1. The zero-order valence-electron chi connectivity index (χ0n) is 17.9. The van der Waals surface area contributed by atoms with E-state index in [0.717, 1.165) is 18.1 Å². The Kier molecular flexibility index (Phi) is 4.52. The molecule has 2 heterocycles. The highest BCUT2D eigenvalue weighted by atomic mass is 16.5. The maximum absolute atomic E-state index is 12.0. The predicted octanol–water partition coefficient (Wildman–Crippen LogP) is 5.28. The molecule has 6 atom stereocenters. The van der Waals surface area contributed by atoms with E-state index < -0.39 is 0 Å². The summed E-state index contributed by atoms with van der Waals surface area (Å²) in [6, 6.07) is 2.14. The Morgan fingerprint density at radius 1 is 1.14 bits per heavy atom. The van der Waals surface area contributed by atoms with Gasteiger partial charge in [0.05, 0.1) is 19.9 Å². The van der Waals surface area contributed by atoms with Gasteiger partial charge in [0.2, 0.25) is 0 Å². The van der Waals surface area contributed by atoms with Crippen molar-refractivity contribution in [3.63, 3.8) is 0 Å². The topological polar surface area (TPSA) is 48.4 Å². The molecule has 0 aromatic carbocycles. The fraction of sp³-hybridized carbons (Fsp3) is 0.680. The second-order valence-electron chi connectivity index (χ2n) is 10.3. The smallest absolute Gasteiger partial charge is 0.305 e. The van der Waals surface area contributed by atoms with E-state index in [9.17, 15) is 4.79 Å². The monoisotopic (exact) mass is 395 g/mol. The molecular weight excluding hydrogens is 362 g/mol. The van der Waals surface area contributed by atoms with Crippen molar-refractivity contribution in [2.45, 2.75) is 58.8 Å². The third-order valence-corrected chi connectivity index (χ3v) is 9.22. The van der Waals surface area contributed by atoms with E-state index in [4.69, 9.17) is 9.47 Å². The van der Waals surface area contributed by atoms with Crippen LogP contribution in [0.25, 0.3) is 5.57 Å². The number of carbonyl (C=O) groups excluding carboxylic acids is 1. The Bertz CT molecular complexity index is 848. The van der Waals surface area contributed by atoms with E-state index in [2.05, 4.69) is 31.0 Å². The number of nitrogens with zero attached hydrogens (tertiary/aromatic N) is 1. The van der Waals surface area contributed by atoms with Crippen molar-refractivity contribution in [3.05, 3.63) is 30.1 Å². The van der Waals surface area contributed by atoms with Gasteiger partial charge < -0.3 is 9.47 Å². The van der Waals surface area contributed by atoms with Gasteiger partial charge in [0, 0.05) is 12.6 Å². The van der Waals surface area contributed by atoms with Crippen molar-refractivity contribution in [1.29, 1.82) is 0 Å². The zero-order valence-corrected chi connectivity index (χ0v) is 17.9. The Morgan fingerprint density at radius 2 is 2.00 bits per heavy atom. The molecule has 156 valence electrons. The SMILES string of the molecule is COc1cncc(C2=CCC3[C@@H]4CCC5COC(=O)CC[C@]5(C)C4CC[C@]23C)c1. The van der Waals surface area contributed by atoms with Crippen LogP contribution in [0.15, 0.2) is 24.5 Å². The molecule has 1 aromatic heterocycles. The van der Waals surface area contributed by atoms with Gasteiger partial charge in [-0.15, -0.1) is 0 Å². The van der Waals surface area contributed by atoms with Crippen LogP contribution in [0.3, 0.4) is 0 Å². The zero-order chi connectivity index (χ0) is 20.2. The first kappa shape index (κ1) is 19.1. The number of hydrogen-bond acceptors (Lipinski definition) is 4. The highest BCUT2D eigenvalue weighted by molar-refractivity contribution is 5.73. The quantitative estimate of drug-likeness (QED) is 0.639. The summed E-state index contributed by atoms with van der Waals surface area (Å²) in [5.74, 6) is 3.53. The number of hydrogen-bond donors (Lipinski definition) is 0. The first-order chi connectivity index (χ1) is 14.0. The second-order valence-corrected chi connectivity index (χ2v) is 10.3. The molecule has 3 aliphatic carbocycles. The Balaban J connectivity index is 1.44. The van der Waals surface area contributed by atoms with Gasteiger partial charge >= 0.3 is 5.97 Å². The first-order valence-electron chi connectivity index (χ1n) is 11.3. The molecule has 4 heteroatoms. The summed E-state index contributed by atoms with van der Waals surface area (Å²) in [7, 11) is 1.71. The minimum Gasteiger partial charge on any atom is -0.495 e. The van der Waals surface area contributed by atoms with E-state index in [-0.39, 0.29) is 16.8 Å². The van der Waals surface area contributed by atoms with E-state index >= 15 is 0 Å². The van der Waals surface area contributed by atoms with Gasteiger partial charge in [-0.05, 0) is 90.2 Å². The van der Waals surface area contributed by atoms with Crippen LogP contribution in [0, 0.1) is 34.5 Å². The maximum Gasteiger partial charge on any atom is 0.305 e. The number of pyridine rings is 1. The summed E-state index contributed by atoms with van der Waals surface area (Å²) >= 11 is 0. The third kappa shape index (κ3) is 2.85. The molecule has 1 aromatic rings. The van der Waals surface area contributed by atoms with Crippen LogP contribution in [0.1, 0.15) is 64.4 Å². The largest absolute Gasteiger partial charge is 0.495 e. The van der Waals surface area contributed by atoms with Gasteiger partial charge in [-0.1, -0.05) is 19.9 Å². The second kappa shape index (κ2) is 6.85. The number of esters is 1. The van der Waals surface area contributed by atoms with Crippen molar-refractivity contribution in [1.82, 2.24) is 4.98 Å². The summed E-state index contributed by atoms with van der Waals surface area (Å²) in [6.45, 7) is 5.59. The molecule has 0 bridgehead atoms. The Hall–Kier alpha value is -1.84. The van der Waals surface area contributed by atoms with Crippen molar-refractivity contribution in [3.8, 4) is 5.75 Å². The van der Waals surface area contributed by atoms with Crippen molar-refractivity contribution in [2.24, 2.45) is 34.5 Å². The summed E-state index contributed by atoms with van der Waals surface area (Å²) < 4.78 is 11.0. The molecule has 1 aliphatic heterocycles. The predicted molar refractivity (Wildman–Crippen MR) is 112 cm³/mol. The van der Waals surface area contributed by atoms with E-state index in [0.29, 0.717) is 30.8 Å². The fourth-order valence-electron chi connectivity index (χ4n) is 7.53. The van der Waals surface area contributed by atoms with Crippen molar-refractivity contribution in [2.75, 3.05) is 13.7 Å². The lowest BCUT2D eigenvalue weighted by molar-refractivity contribution is -0.144. The molecule has 0 amide bonds. The third-order valence-electron chi connectivity index (χ3n) is 9.22. The van der Waals surface area contributed by atoms with Gasteiger partial charge in [-0.2, -0.15) is 0 Å². The summed E-state index contributed by atoms with van der Waals surface area (Å²) in [5, 5.41) is 0. The summed E-state index contributed by atoms with van der Waals surface area (Å²) in [5.41, 5.74) is 3.16. The number of aromatic nitrogens is 1. The molecule has 4 aliphatic rings. The van der Waals surface area contributed by atoms with Crippen LogP contribution in [-0.4, -0.2) is 24.7 Å². The number of allylic oxidation sites excluding steroid dienone is 2. The van der Waals surface area contributed by atoms with E-state index in [1.54, 1.807) is 13.3 Å². The van der Waals surface area contributed by atoms with E-state index in [1.165, 1.54) is 43.2 Å². The maximum atomic E-state index is 12.0. The molecule has 1 saturated heterocycles. The van der Waals surface area contributed by atoms with Gasteiger partial charge in [0.15, 0.2) is 0 Å². The molecule has 0 N–H and O–H groups in total.